The summed E-state index contributed by atoms with van der Waals surface area (Å²) < 4.78 is 1.36. The van der Waals surface area contributed by atoms with Crippen LogP contribution in [0.3, 0.4) is 0 Å². The first-order valence-electron chi connectivity index (χ1n) is 6.48. The maximum atomic E-state index is 12.2. The maximum absolute atomic E-state index is 12.2. The van der Waals surface area contributed by atoms with E-state index in [1.165, 1.54) is 4.57 Å². The molecule has 1 aromatic heterocycles. The first-order chi connectivity index (χ1) is 8.47. The first kappa shape index (κ1) is 13.4. The molecule has 1 heterocycles. The van der Waals surface area contributed by atoms with Crippen LogP contribution >= 0.6 is 11.6 Å². The molecule has 1 N–H and O–H groups in total. The van der Waals surface area contributed by atoms with Gasteiger partial charge >= 0.3 is 5.69 Å². The van der Waals surface area contributed by atoms with E-state index in [-0.39, 0.29) is 22.4 Å². The highest BCUT2D eigenvalue weighted by atomic mass is 35.5. The SMILES string of the molecule is CCC1CCC(n2c(=O)[nH]c(Cl)c(C)c2=O)C1C. The lowest BCUT2D eigenvalue weighted by molar-refractivity contribution is 0.316. The third kappa shape index (κ3) is 2.03. The van der Waals surface area contributed by atoms with Gasteiger partial charge in [-0.25, -0.2) is 4.79 Å². The Kier molecular flexibility index (Phi) is 3.66. The van der Waals surface area contributed by atoms with Crippen molar-refractivity contribution < 1.29 is 0 Å². The molecule has 0 aromatic carbocycles. The summed E-state index contributed by atoms with van der Waals surface area (Å²) in [6.07, 6.45) is 3.07. The Morgan fingerprint density at radius 1 is 1.39 bits per heavy atom. The highest BCUT2D eigenvalue weighted by Gasteiger charge is 2.34. The summed E-state index contributed by atoms with van der Waals surface area (Å²) in [6.45, 7) is 5.93. The first-order valence-corrected chi connectivity index (χ1v) is 6.86. The van der Waals surface area contributed by atoms with Gasteiger partial charge in [0, 0.05) is 11.6 Å². The van der Waals surface area contributed by atoms with E-state index in [2.05, 4.69) is 18.8 Å². The normalized spacial score (nSPS) is 27.7. The molecule has 1 aliphatic rings. The number of aromatic amines is 1. The molecule has 0 spiro atoms. The van der Waals surface area contributed by atoms with Crippen molar-refractivity contribution in [2.24, 2.45) is 11.8 Å². The van der Waals surface area contributed by atoms with Crippen molar-refractivity contribution >= 4 is 11.6 Å². The molecule has 18 heavy (non-hydrogen) atoms. The lowest BCUT2D eigenvalue weighted by Crippen LogP contribution is -2.40. The average molecular weight is 271 g/mol. The molecule has 1 aliphatic carbocycles. The minimum Gasteiger partial charge on any atom is -0.297 e. The van der Waals surface area contributed by atoms with Gasteiger partial charge in [-0.15, -0.1) is 0 Å². The molecule has 0 aliphatic heterocycles. The summed E-state index contributed by atoms with van der Waals surface area (Å²) in [5, 5.41) is 0.152. The number of aromatic nitrogens is 2. The third-order valence-corrected chi connectivity index (χ3v) is 4.72. The maximum Gasteiger partial charge on any atom is 0.329 e. The van der Waals surface area contributed by atoms with Crippen molar-refractivity contribution in [2.45, 2.75) is 46.1 Å². The van der Waals surface area contributed by atoms with Crippen LogP contribution in [0.25, 0.3) is 0 Å². The second-order valence-electron chi connectivity index (χ2n) is 5.22. The van der Waals surface area contributed by atoms with E-state index in [9.17, 15) is 9.59 Å². The third-order valence-electron chi connectivity index (χ3n) is 4.34. The molecule has 2 rings (SSSR count). The van der Waals surface area contributed by atoms with Gasteiger partial charge in [0.05, 0.1) is 0 Å². The number of rotatable bonds is 2. The Morgan fingerprint density at radius 3 is 2.61 bits per heavy atom. The summed E-state index contributed by atoms with van der Waals surface area (Å²) in [6, 6.07) is 0.00201. The number of hydrogen-bond acceptors (Lipinski definition) is 2. The van der Waals surface area contributed by atoms with Crippen molar-refractivity contribution in [1.29, 1.82) is 0 Å². The van der Waals surface area contributed by atoms with Gasteiger partial charge in [-0.1, -0.05) is 31.9 Å². The summed E-state index contributed by atoms with van der Waals surface area (Å²) in [7, 11) is 0. The van der Waals surface area contributed by atoms with E-state index in [4.69, 9.17) is 11.6 Å². The quantitative estimate of drug-likeness (QED) is 0.840. The molecule has 0 radical (unpaired) electrons. The second-order valence-corrected chi connectivity index (χ2v) is 5.59. The Morgan fingerprint density at radius 2 is 2.06 bits per heavy atom. The zero-order chi connectivity index (χ0) is 13.4. The largest absolute Gasteiger partial charge is 0.329 e. The molecule has 1 saturated carbocycles. The molecule has 0 amide bonds. The van der Waals surface area contributed by atoms with Gasteiger partial charge in [0.1, 0.15) is 5.15 Å². The topological polar surface area (TPSA) is 54.9 Å². The molecule has 4 nitrogen and oxygen atoms in total. The summed E-state index contributed by atoms with van der Waals surface area (Å²) >= 11 is 5.82. The fourth-order valence-electron chi connectivity index (χ4n) is 3.08. The summed E-state index contributed by atoms with van der Waals surface area (Å²) in [4.78, 5) is 26.7. The Balaban J connectivity index is 2.51. The molecular weight excluding hydrogens is 252 g/mol. The van der Waals surface area contributed by atoms with Crippen LogP contribution in [0.5, 0.6) is 0 Å². The standard InChI is InChI=1S/C13H19ClN2O2/c1-4-9-5-6-10(7(9)2)16-12(17)8(3)11(14)15-13(16)18/h7,9-10H,4-6H2,1-3H3,(H,15,18). The highest BCUT2D eigenvalue weighted by molar-refractivity contribution is 6.30. The number of hydrogen-bond donors (Lipinski definition) is 1. The van der Waals surface area contributed by atoms with Crippen molar-refractivity contribution in [3.8, 4) is 0 Å². The van der Waals surface area contributed by atoms with Crippen LogP contribution in [0, 0.1) is 18.8 Å². The van der Waals surface area contributed by atoms with Gasteiger partial charge in [0.15, 0.2) is 0 Å². The zero-order valence-electron chi connectivity index (χ0n) is 11.0. The van der Waals surface area contributed by atoms with E-state index < -0.39 is 0 Å². The minimum absolute atomic E-state index is 0.00201. The number of nitrogens with zero attached hydrogens (tertiary/aromatic N) is 1. The van der Waals surface area contributed by atoms with Gasteiger partial charge in [0.25, 0.3) is 5.56 Å². The minimum atomic E-state index is -0.385. The molecule has 3 unspecified atom stereocenters. The molecule has 0 saturated heterocycles. The van der Waals surface area contributed by atoms with Crippen molar-refractivity contribution in [3.05, 3.63) is 31.6 Å². The predicted molar refractivity (Wildman–Crippen MR) is 72.3 cm³/mol. The average Bonchev–Trinajstić information content (AvgIpc) is 2.68. The summed E-state index contributed by atoms with van der Waals surface area (Å²) in [5.41, 5.74) is -0.218. The van der Waals surface area contributed by atoms with Gasteiger partial charge < -0.3 is 0 Å². The van der Waals surface area contributed by atoms with Crippen LogP contribution in [0.1, 0.15) is 44.7 Å². The lowest BCUT2D eigenvalue weighted by Gasteiger charge is -2.21. The van der Waals surface area contributed by atoms with Crippen LogP contribution in [0.2, 0.25) is 5.15 Å². The van der Waals surface area contributed by atoms with E-state index in [1.54, 1.807) is 6.92 Å². The van der Waals surface area contributed by atoms with Crippen LogP contribution in [-0.2, 0) is 0 Å². The van der Waals surface area contributed by atoms with E-state index >= 15 is 0 Å². The van der Waals surface area contributed by atoms with Gasteiger partial charge in [-0.05, 0) is 31.6 Å². The number of nitrogens with one attached hydrogen (secondary N) is 1. The number of H-pyrrole nitrogens is 1. The number of halogens is 1. The molecule has 3 atom stereocenters. The van der Waals surface area contributed by atoms with Gasteiger partial charge in [0.2, 0.25) is 0 Å². The van der Waals surface area contributed by atoms with Crippen LogP contribution in [0.4, 0.5) is 0 Å². The monoisotopic (exact) mass is 270 g/mol. The van der Waals surface area contributed by atoms with Crippen molar-refractivity contribution in [1.82, 2.24) is 9.55 Å². The zero-order valence-corrected chi connectivity index (χ0v) is 11.8. The van der Waals surface area contributed by atoms with Crippen LogP contribution < -0.4 is 11.2 Å². The summed E-state index contributed by atoms with van der Waals surface area (Å²) in [5.74, 6) is 0.951. The van der Waals surface area contributed by atoms with E-state index in [0.29, 0.717) is 17.4 Å². The Bertz CT molecular complexity index is 561. The van der Waals surface area contributed by atoms with Crippen molar-refractivity contribution in [2.75, 3.05) is 0 Å². The second kappa shape index (κ2) is 4.92. The fourth-order valence-corrected chi connectivity index (χ4v) is 3.24. The van der Waals surface area contributed by atoms with Gasteiger partial charge in [-0.2, -0.15) is 0 Å². The molecular formula is C13H19ClN2O2. The smallest absolute Gasteiger partial charge is 0.297 e. The Labute approximate surface area is 111 Å². The van der Waals surface area contributed by atoms with E-state index in [1.807, 2.05) is 0 Å². The highest BCUT2D eigenvalue weighted by Crippen LogP contribution is 2.40. The molecule has 100 valence electrons. The van der Waals surface area contributed by atoms with Crippen molar-refractivity contribution in [3.63, 3.8) is 0 Å². The molecule has 0 bridgehead atoms. The lowest BCUT2D eigenvalue weighted by atomic mass is 9.93. The molecule has 1 fully saturated rings. The predicted octanol–water partition coefficient (Wildman–Crippen LogP) is 2.50. The molecule has 1 aromatic rings. The van der Waals surface area contributed by atoms with Gasteiger partial charge in [-0.3, -0.25) is 14.3 Å². The van der Waals surface area contributed by atoms with Crippen LogP contribution in [-0.4, -0.2) is 9.55 Å². The van der Waals surface area contributed by atoms with E-state index in [0.717, 1.165) is 19.3 Å². The Hall–Kier alpha value is -1.03. The fraction of sp³-hybridized carbons (Fsp3) is 0.692. The van der Waals surface area contributed by atoms with Crippen LogP contribution in [0.15, 0.2) is 9.59 Å². The molecule has 5 heteroatoms.